The van der Waals surface area contributed by atoms with Gasteiger partial charge in [-0.15, -0.1) is 0 Å². The molecule has 14 heavy (non-hydrogen) atoms. The highest BCUT2D eigenvalue weighted by atomic mass is 35.5. The van der Waals surface area contributed by atoms with Gasteiger partial charge < -0.3 is 10.8 Å². The van der Waals surface area contributed by atoms with Crippen LogP contribution in [0.5, 0.6) is 0 Å². The highest BCUT2D eigenvalue weighted by Gasteiger charge is 2.08. The number of nitrogens with zero attached hydrogens (tertiary/aromatic N) is 1. The summed E-state index contributed by atoms with van der Waals surface area (Å²) in [4.78, 5) is 0. The minimum atomic E-state index is -0.644. The summed E-state index contributed by atoms with van der Waals surface area (Å²) in [6, 6.07) is 5.38. The number of rotatable bonds is 2. The van der Waals surface area contributed by atoms with E-state index in [1.165, 1.54) is 0 Å². The van der Waals surface area contributed by atoms with E-state index in [2.05, 4.69) is 10.2 Å². The zero-order valence-corrected chi connectivity index (χ0v) is 8.12. The molecule has 0 aliphatic rings. The first kappa shape index (κ1) is 9.45. The van der Waals surface area contributed by atoms with Crippen molar-refractivity contribution in [2.24, 2.45) is 5.73 Å². The van der Waals surface area contributed by atoms with Crippen LogP contribution in [0.15, 0.2) is 18.2 Å². The predicted octanol–water partition coefficient (Wildman–Crippen LogP) is 1.21. The molecule has 0 saturated carbocycles. The summed E-state index contributed by atoms with van der Waals surface area (Å²) in [6.07, 6.45) is -0.644. The number of aromatic nitrogens is 2. The molecule has 0 aliphatic carbocycles. The van der Waals surface area contributed by atoms with E-state index in [0.29, 0.717) is 5.15 Å². The lowest BCUT2D eigenvalue weighted by Crippen LogP contribution is -2.11. The van der Waals surface area contributed by atoms with E-state index in [0.717, 1.165) is 16.5 Å². The van der Waals surface area contributed by atoms with Crippen molar-refractivity contribution in [3.8, 4) is 0 Å². The topological polar surface area (TPSA) is 74.9 Å². The second-order valence-corrected chi connectivity index (χ2v) is 3.44. The molecule has 2 aromatic rings. The molecule has 0 saturated heterocycles. The summed E-state index contributed by atoms with van der Waals surface area (Å²) in [5, 5.41) is 17.5. The lowest BCUT2D eigenvalue weighted by atomic mass is 10.1. The third kappa shape index (κ3) is 1.48. The van der Waals surface area contributed by atoms with Crippen molar-refractivity contribution in [3.63, 3.8) is 0 Å². The summed E-state index contributed by atoms with van der Waals surface area (Å²) in [5.74, 6) is 0. The highest BCUT2D eigenvalue weighted by molar-refractivity contribution is 6.34. The Balaban J connectivity index is 2.52. The van der Waals surface area contributed by atoms with Crippen LogP contribution in [-0.2, 0) is 0 Å². The Bertz CT molecular complexity index is 454. The monoisotopic (exact) mass is 211 g/mol. The Kier molecular flexibility index (Phi) is 2.41. The predicted molar refractivity (Wildman–Crippen MR) is 55.1 cm³/mol. The lowest BCUT2D eigenvalue weighted by molar-refractivity contribution is 0.187. The van der Waals surface area contributed by atoms with Crippen LogP contribution in [0.2, 0.25) is 5.15 Å². The zero-order valence-electron chi connectivity index (χ0n) is 7.37. The second-order valence-electron chi connectivity index (χ2n) is 3.07. The molecule has 0 radical (unpaired) electrons. The van der Waals surface area contributed by atoms with Gasteiger partial charge in [-0.1, -0.05) is 17.7 Å². The number of H-pyrrole nitrogens is 1. The number of aromatic amines is 1. The van der Waals surface area contributed by atoms with Crippen molar-refractivity contribution in [1.29, 1.82) is 0 Å². The SMILES string of the molecule is NCC(O)c1ccc2c(Cl)[nH]nc2c1. The molecule has 5 heteroatoms. The average molecular weight is 212 g/mol. The van der Waals surface area contributed by atoms with E-state index in [9.17, 15) is 5.11 Å². The number of fused-ring (bicyclic) bond motifs is 1. The van der Waals surface area contributed by atoms with Gasteiger partial charge in [0.1, 0.15) is 5.15 Å². The molecule has 0 spiro atoms. The lowest BCUT2D eigenvalue weighted by Gasteiger charge is -2.06. The van der Waals surface area contributed by atoms with Crippen LogP contribution in [0.1, 0.15) is 11.7 Å². The number of aliphatic hydroxyl groups is 1. The number of hydrogen-bond donors (Lipinski definition) is 3. The van der Waals surface area contributed by atoms with Crippen molar-refractivity contribution in [2.75, 3.05) is 6.54 Å². The molecule has 0 fully saturated rings. The third-order valence-electron chi connectivity index (χ3n) is 2.14. The summed E-state index contributed by atoms with van der Waals surface area (Å²) in [7, 11) is 0. The molecular weight excluding hydrogens is 202 g/mol. The Hall–Kier alpha value is -1.10. The van der Waals surface area contributed by atoms with Crippen LogP contribution in [0, 0.1) is 0 Å². The first-order valence-electron chi connectivity index (χ1n) is 4.24. The van der Waals surface area contributed by atoms with Gasteiger partial charge in [-0.3, -0.25) is 5.10 Å². The third-order valence-corrected chi connectivity index (χ3v) is 2.43. The molecule has 1 heterocycles. The summed E-state index contributed by atoms with van der Waals surface area (Å²) in [6.45, 7) is 0.198. The number of hydrogen-bond acceptors (Lipinski definition) is 3. The van der Waals surface area contributed by atoms with Gasteiger partial charge in [-0.2, -0.15) is 5.10 Å². The van der Waals surface area contributed by atoms with Crippen LogP contribution < -0.4 is 5.73 Å². The largest absolute Gasteiger partial charge is 0.387 e. The fraction of sp³-hybridized carbons (Fsp3) is 0.222. The van der Waals surface area contributed by atoms with E-state index < -0.39 is 6.10 Å². The van der Waals surface area contributed by atoms with Crippen LogP contribution >= 0.6 is 11.6 Å². The molecule has 0 bridgehead atoms. The first-order valence-corrected chi connectivity index (χ1v) is 4.62. The van der Waals surface area contributed by atoms with Crippen LogP contribution in [0.3, 0.4) is 0 Å². The molecule has 0 aliphatic heterocycles. The quantitative estimate of drug-likeness (QED) is 0.699. The summed E-state index contributed by atoms with van der Waals surface area (Å²) in [5.41, 5.74) is 6.84. The standard InChI is InChI=1S/C9H10ClN3O/c10-9-6-2-1-5(8(14)4-11)3-7(6)12-13-9/h1-3,8,14H,4,11H2,(H,12,13). The Morgan fingerprint density at radius 3 is 3.07 bits per heavy atom. The molecule has 74 valence electrons. The molecule has 1 unspecified atom stereocenters. The van der Waals surface area contributed by atoms with Gasteiger partial charge in [0.05, 0.1) is 11.6 Å². The number of nitrogens with one attached hydrogen (secondary N) is 1. The fourth-order valence-electron chi connectivity index (χ4n) is 1.34. The molecule has 4 N–H and O–H groups in total. The van der Waals surface area contributed by atoms with Gasteiger partial charge in [0.2, 0.25) is 0 Å². The van der Waals surface area contributed by atoms with Gasteiger partial charge >= 0.3 is 0 Å². The van der Waals surface area contributed by atoms with Crippen LogP contribution in [0.25, 0.3) is 10.9 Å². The fourth-order valence-corrected chi connectivity index (χ4v) is 1.54. The molecule has 1 aromatic heterocycles. The summed E-state index contributed by atoms with van der Waals surface area (Å²) < 4.78 is 0. The van der Waals surface area contributed by atoms with Crippen molar-refractivity contribution in [2.45, 2.75) is 6.10 Å². The molecule has 0 amide bonds. The smallest absolute Gasteiger partial charge is 0.132 e. The van der Waals surface area contributed by atoms with E-state index in [-0.39, 0.29) is 6.54 Å². The number of benzene rings is 1. The van der Waals surface area contributed by atoms with Crippen LogP contribution in [-0.4, -0.2) is 21.8 Å². The Morgan fingerprint density at radius 2 is 2.36 bits per heavy atom. The van der Waals surface area contributed by atoms with Gasteiger partial charge in [-0.25, -0.2) is 0 Å². The van der Waals surface area contributed by atoms with Gasteiger partial charge in [0, 0.05) is 11.9 Å². The number of nitrogens with two attached hydrogens (primary N) is 1. The minimum Gasteiger partial charge on any atom is -0.387 e. The Morgan fingerprint density at radius 1 is 1.57 bits per heavy atom. The Labute approximate surface area is 85.7 Å². The van der Waals surface area contributed by atoms with Crippen LogP contribution in [0.4, 0.5) is 0 Å². The van der Waals surface area contributed by atoms with E-state index in [1.807, 2.05) is 6.07 Å². The maximum Gasteiger partial charge on any atom is 0.132 e. The average Bonchev–Trinajstić information content (AvgIpc) is 2.59. The molecule has 1 atom stereocenters. The summed E-state index contributed by atoms with van der Waals surface area (Å²) >= 11 is 5.83. The number of aliphatic hydroxyl groups excluding tert-OH is 1. The van der Waals surface area contributed by atoms with Gasteiger partial charge in [0.25, 0.3) is 0 Å². The minimum absolute atomic E-state index is 0.198. The van der Waals surface area contributed by atoms with E-state index >= 15 is 0 Å². The normalized spacial score (nSPS) is 13.4. The van der Waals surface area contributed by atoms with Crippen molar-refractivity contribution < 1.29 is 5.11 Å². The van der Waals surface area contributed by atoms with Gasteiger partial charge in [0.15, 0.2) is 0 Å². The molecule has 1 aromatic carbocycles. The van der Waals surface area contributed by atoms with E-state index in [4.69, 9.17) is 17.3 Å². The van der Waals surface area contributed by atoms with E-state index in [1.54, 1.807) is 12.1 Å². The van der Waals surface area contributed by atoms with Gasteiger partial charge in [-0.05, 0) is 17.7 Å². The molecule has 2 rings (SSSR count). The first-order chi connectivity index (χ1) is 6.72. The van der Waals surface area contributed by atoms with Crippen molar-refractivity contribution in [3.05, 3.63) is 28.9 Å². The van der Waals surface area contributed by atoms with Crippen molar-refractivity contribution >= 4 is 22.5 Å². The maximum atomic E-state index is 9.50. The highest BCUT2D eigenvalue weighted by Crippen LogP contribution is 2.23. The zero-order chi connectivity index (χ0) is 10.1. The maximum absolute atomic E-state index is 9.50. The second kappa shape index (κ2) is 3.57. The molecule has 4 nitrogen and oxygen atoms in total. The number of halogens is 1. The molecular formula is C9H10ClN3O. The van der Waals surface area contributed by atoms with Crippen molar-refractivity contribution in [1.82, 2.24) is 10.2 Å².